The Bertz CT molecular complexity index is 863. The number of aromatic nitrogens is 4. The van der Waals surface area contributed by atoms with Gasteiger partial charge in [0.15, 0.2) is 5.03 Å². The van der Waals surface area contributed by atoms with E-state index in [1.807, 2.05) is 18.2 Å². The molecule has 2 aliphatic rings. The third-order valence-corrected chi connectivity index (χ3v) is 4.65. The lowest BCUT2D eigenvalue weighted by atomic mass is 10.1. The maximum Gasteiger partial charge on any atom is 0.260 e. The summed E-state index contributed by atoms with van der Waals surface area (Å²) in [4.78, 5) is 4.10. The molecule has 1 aromatic rings. The first-order valence-electron chi connectivity index (χ1n) is 5.81. The van der Waals surface area contributed by atoms with Gasteiger partial charge in [-0.1, -0.05) is 24.3 Å². The largest absolute Gasteiger partial charge is 0.260 e. The number of fused-ring (bicyclic) bond motifs is 3. The second-order valence-corrected chi connectivity index (χ2v) is 6.53. The van der Waals surface area contributed by atoms with Gasteiger partial charge in [0.05, 0.1) is 0 Å². The second kappa shape index (κ2) is 4.43. The molecule has 8 heteroatoms. The first kappa shape index (κ1) is 12.8. The summed E-state index contributed by atoms with van der Waals surface area (Å²) in [5.74, 6) is 0.214. The monoisotopic (exact) mass is 289 g/mol. The van der Waals surface area contributed by atoms with Crippen molar-refractivity contribution >= 4 is 20.8 Å². The van der Waals surface area contributed by atoms with E-state index in [0.29, 0.717) is 5.69 Å². The van der Waals surface area contributed by atoms with Gasteiger partial charge in [0.2, 0.25) is 5.82 Å². The third kappa shape index (κ3) is 1.89. The van der Waals surface area contributed by atoms with E-state index in [1.54, 1.807) is 6.07 Å². The Morgan fingerprint density at radius 2 is 1.85 bits per heavy atom. The molecule has 1 aromatic carbocycles. The quantitative estimate of drug-likeness (QED) is 0.692. The van der Waals surface area contributed by atoms with Crippen LogP contribution in [-0.2, 0) is 10.0 Å². The standard InChI is InChI=1S/C12H11N5O2S/c1-17(2)20(18,19)10-7-8-5-3-4-6-9(8)11-12(13-10)15-16-14-11/h3-7H,1-2H3. The molecule has 0 amide bonds. The summed E-state index contributed by atoms with van der Waals surface area (Å²) in [6.45, 7) is 0. The van der Waals surface area contributed by atoms with Crippen molar-refractivity contribution in [1.82, 2.24) is 24.7 Å². The van der Waals surface area contributed by atoms with Gasteiger partial charge in [0.25, 0.3) is 10.0 Å². The molecular weight excluding hydrogens is 278 g/mol. The lowest BCUT2D eigenvalue weighted by Gasteiger charge is -2.08. The Kier molecular flexibility index (Phi) is 2.84. The van der Waals surface area contributed by atoms with Gasteiger partial charge in [0.1, 0.15) is 5.69 Å². The molecule has 7 nitrogen and oxygen atoms in total. The number of hydrogen-bond donors (Lipinski definition) is 0. The highest BCUT2D eigenvalue weighted by molar-refractivity contribution is 7.89. The highest BCUT2D eigenvalue weighted by Gasteiger charge is 2.22. The summed E-state index contributed by atoms with van der Waals surface area (Å²) in [6, 6.07) is 8.83. The van der Waals surface area contributed by atoms with Crippen LogP contribution in [0.5, 0.6) is 0 Å². The lowest BCUT2D eigenvalue weighted by Crippen LogP contribution is -2.22. The minimum atomic E-state index is -3.65. The molecule has 0 N–H and O–H groups in total. The molecule has 0 radical (unpaired) electrons. The van der Waals surface area contributed by atoms with Crippen LogP contribution in [0.1, 0.15) is 0 Å². The van der Waals surface area contributed by atoms with Crippen molar-refractivity contribution in [2.45, 2.75) is 5.03 Å². The van der Waals surface area contributed by atoms with Crippen LogP contribution in [0.15, 0.2) is 35.4 Å². The zero-order valence-electron chi connectivity index (χ0n) is 10.8. The maximum atomic E-state index is 12.3. The van der Waals surface area contributed by atoms with E-state index in [2.05, 4.69) is 20.4 Å². The van der Waals surface area contributed by atoms with Crippen LogP contribution in [0.4, 0.5) is 0 Å². The Morgan fingerprint density at radius 3 is 2.60 bits per heavy atom. The van der Waals surface area contributed by atoms with Gasteiger partial charge < -0.3 is 0 Å². The molecule has 0 aliphatic carbocycles. The van der Waals surface area contributed by atoms with E-state index in [9.17, 15) is 8.42 Å². The number of hydrogen-bond acceptors (Lipinski definition) is 6. The second-order valence-electron chi connectivity index (χ2n) is 4.43. The highest BCUT2D eigenvalue weighted by atomic mass is 32.2. The van der Waals surface area contributed by atoms with Gasteiger partial charge in [-0.25, -0.2) is 17.7 Å². The highest BCUT2D eigenvalue weighted by Crippen LogP contribution is 2.26. The molecule has 20 heavy (non-hydrogen) atoms. The molecule has 102 valence electrons. The van der Waals surface area contributed by atoms with Crippen molar-refractivity contribution in [3.63, 3.8) is 0 Å². The minimum Gasteiger partial charge on any atom is -0.212 e. The molecule has 0 saturated carbocycles. The van der Waals surface area contributed by atoms with Crippen LogP contribution in [0.3, 0.4) is 0 Å². The van der Waals surface area contributed by atoms with Gasteiger partial charge in [-0.05, 0) is 16.7 Å². The summed E-state index contributed by atoms with van der Waals surface area (Å²) in [5, 5.41) is 12.7. The molecular formula is C12H11N5O2S. The van der Waals surface area contributed by atoms with E-state index in [1.165, 1.54) is 20.2 Å². The Labute approximate surface area is 115 Å². The lowest BCUT2D eigenvalue weighted by molar-refractivity contribution is 0.517. The van der Waals surface area contributed by atoms with Crippen molar-refractivity contribution in [3.8, 4) is 11.5 Å². The molecule has 0 fully saturated rings. The zero-order chi connectivity index (χ0) is 14.3. The van der Waals surface area contributed by atoms with E-state index in [4.69, 9.17) is 0 Å². The number of sulfonamides is 1. The predicted molar refractivity (Wildman–Crippen MR) is 72.6 cm³/mol. The van der Waals surface area contributed by atoms with Crippen LogP contribution in [0.25, 0.3) is 22.3 Å². The van der Waals surface area contributed by atoms with Crippen molar-refractivity contribution in [2.24, 2.45) is 0 Å². The predicted octanol–water partition coefficient (Wildman–Crippen LogP) is 0.775. The SMILES string of the molecule is CN(C)S(=O)(=O)c1cc2ccccc2c2nnnc-2n1. The van der Waals surface area contributed by atoms with Crippen LogP contribution in [0.2, 0.25) is 0 Å². The molecule has 0 unspecified atom stereocenters. The van der Waals surface area contributed by atoms with Crippen LogP contribution in [-0.4, -0.2) is 47.2 Å². The van der Waals surface area contributed by atoms with Crippen molar-refractivity contribution < 1.29 is 8.42 Å². The van der Waals surface area contributed by atoms with Crippen molar-refractivity contribution in [1.29, 1.82) is 0 Å². The van der Waals surface area contributed by atoms with Crippen molar-refractivity contribution in [2.75, 3.05) is 14.1 Å². The topological polar surface area (TPSA) is 88.9 Å². The van der Waals surface area contributed by atoms with E-state index in [0.717, 1.165) is 15.1 Å². The minimum absolute atomic E-state index is 0.0731. The summed E-state index contributed by atoms with van der Waals surface area (Å²) in [7, 11) is -0.741. The molecule has 0 bridgehead atoms. The smallest absolute Gasteiger partial charge is 0.212 e. The summed E-state index contributed by atoms with van der Waals surface area (Å²) < 4.78 is 25.7. The average molecular weight is 289 g/mol. The molecule has 0 aromatic heterocycles. The van der Waals surface area contributed by atoms with Gasteiger partial charge in [0, 0.05) is 19.5 Å². The molecule has 3 rings (SSSR count). The number of nitrogens with zero attached hydrogens (tertiary/aromatic N) is 5. The first-order valence-corrected chi connectivity index (χ1v) is 7.25. The zero-order valence-corrected chi connectivity index (χ0v) is 11.7. The van der Waals surface area contributed by atoms with Gasteiger partial charge in [-0.15, -0.1) is 10.2 Å². The molecule has 2 heterocycles. The van der Waals surface area contributed by atoms with E-state index in [-0.39, 0.29) is 10.9 Å². The molecule has 2 aliphatic heterocycles. The maximum absolute atomic E-state index is 12.3. The molecule has 0 saturated heterocycles. The van der Waals surface area contributed by atoms with Crippen LogP contribution in [0, 0.1) is 0 Å². The fourth-order valence-corrected chi connectivity index (χ4v) is 2.73. The summed E-state index contributed by atoms with van der Waals surface area (Å²) in [6.07, 6.45) is 0. The third-order valence-electron chi connectivity index (χ3n) is 2.95. The fourth-order valence-electron chi connectivity index (χ4n) is 1.88. The Hall–Kier alpha value is -2.19. The summed E-state index contributed by atoms with van der Waals surface area (Å²) in [5.41, 5.74) is 0.487. The van der Waals surface area contributed by atoms with Crippen LogP contribution >= 0.6 is 0 Å². The fraction of sp³-hybridized carbons (Fsp3) is 0.167. The average Bonchev–Trinajstić information content (AvgIpc) is 2.80. The van der Waals surface area contributed by atoms with Crippen LogP contribution < -0.4 is 0 Å². The number of rotatable bonds is 2. The van der Waals surface area contributed by atoms with E-state index >= 15 is 0 Å². The Balaban J connectivity index is 2.45. The van der Waals surface area contributed by atoms with Gasteiger partial charge >= 0.3 is 0 Å². The van der Waals surface area contributed by atoms with Crippen molar-refractivity contribution in [3.05, 3.63) is 30.3 Å². The normalized spacial score (nSPS) is 12.3. The Morgan fingerprint density at radius 1 is 1.10 bits per heavy atom. The van der Waals surface area contributed by atoms with Gasteiger partial charge in [-0.3, -0.25) is 0 Å². The molecule has 0 spiro atoms. The van der Waals surface area contributed by atoms with E-state index < -0.39 is 10.0 Å². The van der Waals surface area contributed by atoms with Gasteiger partial charge in [-0.2, -0.15) is 0 Å². The summed E-state index contributed by atoms with van der Waals surface area (Å²) >= 11 is 0. The first-order chi connectivity index (χ1) is 9.50. The number of benzene rings is 1. The molecule has 0 atom stereocenters.